The highest BCUT2D eigenvalue weighted by atomic mass is 16.6. The Bertz CT molecular complexity index is 456. The standard InChI is InChI=1S/C14H18O5/c1-9(12(15)16)18-11-7-5-10(6-8-11)13(17)19-14(2,3)4/h5-9H,1-4H3,(H,15,16). The molecule has 0 fully saturated rings. The molecule has 104 valence electrons. The molecule has 0 heterocycles. The molecule has 0 saturated carbocycles. The van der Waals surface area contributed by atoms with E-state index in [0.29, 0.717) is 11.3 Å². The third-order valence-corrected chi connectivity index (χ3v) is 2.15. The van der Waals surface area contributed by atoms with Crippen LogP contribution in [0.15, 0.2) is 24.3 Å². The lowest BCUT2D eigenvalue weighted by atomic mass is 10.1. The van der Waals surface area contributed by atoms with Gasteiger partial charge in [0.2, 0.25) is 0 Å². The SMILES string of the molecule is CC(Oc1ccc(C(=O)OC(C)(C)C)cc1)C(=O)O. The van der Waals surface area contributed by atoms with Crippen molar-refractivity contribution in [2.75, 3.05) is 0 Å². The number of hydrogen-bond donors (Lipinski definition) is 1. The van der Waals surface area contributed by atoms with E-state index in [1.54, 1.807) is 32.9 Å². The van der Waals surface area contributed by atoms with Crippen LogP contribution in [0.1, 0.15) is 38.1 Å². The van der Waals surface area contributed by atoms with E-state index >= 15 is 0 Å². The van der Waals surface area contributed by atoms with Gasteiger partial charge in [0.05, 0.1) is 5.56 Å². The first-order valence-corrected chi connectivity index (χ1v) is 5.92. The monoisotopic (exact) mass is 266 g/mol. The molecule has 0 aliphatic rings. The molecule has 1 unspecified atom stereocenters. The van der Waals surface area contributed by atoms with Gasteiger partial charge < -0.3 is 14.6 Å². The topological polar surface area (TPSA) is 72.8 Å². The van der Waals surface area contributed by atoms with Crippen molar-refractivity contribution in [2.24, 2.45) is 0 Å². The molecule has 0 aromatic heterocycles. The van der Waals surface area contributed by atoms with Gasteiger partial charge in [-0.15, -0.1) is 0 Å². The first kappa shape index (κ1) is 15.0. The molecule has 1 aromatic carbocycles. The second-order valence-electron chi connectivity index (χ2n) is 5.12. The van der Waals surface area contributed by atoms with Gasteiger partial charge in [0.15, 0.2) is 6.10 Å². The number of carbonyl (C=O) groups excluding carboxylic acids is 1. The molecule has 0 radical (unpaired) electrons. The number of carbonyl (C=O) groups is 2. The van der Waals surface area contributed by atoms with E-state index in [4.69, 9.17) is 14.6 Å². The summed E-state index contributed by atoms with van der Waals surface area (Å²) in [6, 6.07) is 6.16. The van der Waals surface area contributed by atoms with Crippen molar-refractivity contribution >= 4 is 11.9 Å². The molecule has 0 aliphatic carbocycles. The van der Waals surface area contributed by atoms with Crippen molar-refractivity contribution < 1.29 is 24.2 Å². The van der Waals surface area contributed by atoms with Crippen molar-refractivity contribution in [2.45, 2.75) is 39.4 Å². The highest BCUT2D eigenvalue weighted by Crippen LogP contribution is 2.17. The maximum atomic E-state index is 11.7. The highest BCUT2D eigenvalue weighted by molar-refractivity contribution is 5.89. The molecule has 19 heavy (non-hydrogen) atoms. The van der Waals surface area contributed by atoms with Gasteiger partial charge in [-0.3, -0.25) is 0 Å². The molecular formula is C14H18O5. The van der Waals surface area contributed by atoms with Gasteiger partial charge in [-0.05, 0) is 52.0 Å². The average Bonchev–Trinajstić information content (AvgIpc) is 2.27. The molecule has 1 atom stereocenters. The largest absolute Gasteiger partial charge is 0.479 e. The van der Waals surface area contributed by atoms with Crippen molar-refractivity contribution in [3.05, 3.63) is 29.8 Å². The minimum atomic E-state index is -1.05. The number of rotatable bonds is 4. The third kappa shape index (κ3) is 4.99. The van der Waals surface area contributed by atoms with Crippen LogP contribution in [0.2, 0.25) is 0 Å². The molecule has 0 bridgehead atoms. The van der Waals surface area contributed by atoms with Gasteiger partial charge in [-0.25, -0.2) is 9.59 Å². The predicted octanol–water partition coefficient (Wildman–Crippen LogP) is 2.49. The number of ether oxygens (including phenoxy) is 2. The number of carboxylic acids is 1. The van der Waals surface area contributed by atoms with Crippen molar-refractivity contribution in [1.82, 2.24) is 0 Å². The maximum absolute atomic E-state index is 11.7. The van der Waals surface area contributed by atoms with E-state index in [1.165, 1.54) is 19.1 Å². The van der Waals surface area contributed by atoms with Crippen LogP contribution in [0.5, 0.6) is 5.75 Å². The van der Waals surface area contributed by atoms with E-state index in [-0.39, 0.29) is 0 Å². The normalized spacial score (nSPS) is 12.6. The van der Waals surface area contributed by atoms with Crippen LogP contribution >= 0.6 is 0 Å². The summed E-state index contributed by atoms with van der Waals surface area (Å²) < 4.78 is 10.4. The number of esters is 1. The Morgan fingerprint density at radius 2 is 1.68 bits per heavy atom. The minimum absolute atomic E-state index is 0.391. The van der Waals surface area contributed by atoms with Crippen LogP contribution in [0.3, 0.4) is 0 Å². The molecule has 0 aliphatic heterocycles. The zero-order valence-corrected chi connectivity index (χ0v) is 11.5. The summed E-state index contributed by atoms with van der Waals surface area (Å²) in [5, 5.41) is 8.71. The van der Waals surface area contributed by atoms with Crippen LogP contribution in [-0.2, 0) is 9.53 Å². The lowest BCUT2D eigenvalue weighted by Gasteiger charge is -2.19. The van der Waals surface area contributed by atoms with Crippen LogP contribution < -0.4 is 4.74 Å². The fourth-order valence-corrected chi connectivity index (χ4v) is 1.26. The Balaban J connectivity index is 2.71. The van der Waals surface area contributed by atoms with E-state index in [2.05, 4.69) is 0 Å². The molecule has 5 heteroatoms. The highest BCUT2D eigenvalue weighted by Gasteiger charge is 2.18. The number of hydrogen-bond acceptors (Lipinski definition) is 4. The molecule has 1 aromatic rings. The number of aliphatic carboxylic acids is 1. The van der Waals surface area contributed by atoms with Gasteiger partial charge in [0.25, 0.3) is 0 Å². The smallest absolute Gasteiger partial charge is 0.344 e. The van der Waals surface area contributed by atoms with E-state index in [1.807, 2.05) is 0 Å². The molecule has 0 spiro atoms. The molecule has 1 N–H and O–H groups in total. The first-order chi connectivity index (χ1) is 8.69. The summed E-state index contributed by atoms with van der Waals surface area (Å²) >= 11 is 0. The maximum Gasteiger partial charge on any atom is 0.344 e. The average molecular weight is 266 g/mol. The predicted molar refractivity (Wildman–Crippen MR) is 69.3 cm³/mol. The summed E-state index contributed by atoms with van der Waals surface area (Å²) in [4.78, 5) is 22.4. The number of benzene rings is 1. The minimum Gasteiger partial charge on any atom is -0.479 e. The van der Waals surface area contributed by atoms with Gasteiger partial charge in [0.1, 0.15) is 11.4 Å². The lowest BCUT2D eigenvalue weighted by Crippen LogP contribution is -2.24. The van der Waals surface area contributed by atoms with Crippen LogP contribution in [0.4, 0.5) is 0 Å². The summed E-state index contributed by atoms with van der Waals surface area (Å²) in [6.45, 7) is 6.80. The second kappa shape index (κ2) is 5.73. The molecule has 1 rings (SSSR count). The van der Waals surface area contributed by atoms with E-state index < -0.39 is 23.6 Å². The Morgan fingerprint density at radius 1 is 1.16 bits per heavy atom. The molecule has 0 amide bonds. The Kier molecular flexibility index (Phi) is 4.53. The quantitative estimate of drug-likeness (QED) is 0.847. The van der Waals surface area contributed by atoms with Gasteiger partial charge >= 0.3 is 11.9 Å². The van der Waals surface area contributed by atoms with Crippen molar-refractivity contribution in [3.8, 4) is 5.75 Å². The number of carboxylic acid groups (broad SMARTS) is 1. The van der Waals surface area contributed by atoms with Gasteiger partial charge in [0, 0.05) is 0 Å². The third-order valence-electron chi connectivity index (χ3n) is 2.15. The summed E-state index contributed by atoms with van der Waals surface area (Å²) in [5.41, 5.74) is -0.158. The fourth-order valence-electron chi connectivity index (χ4n) is 1.26. The summed E-state index contributed by atoms with van der Waals surface area (Å²) in [7, 11) is 0. The van der Waals surface area contributed by atoms with Crippen LogP contribution in [-0.4, -0.2) is 28.8 Å². The van der Waals surface area contributed by atoms with Gasteiger partial charge in [-0.2, -0.15) is 0 Å². The Labute approximate surface area is 112 Å². The Hall–Kier alpha value is -2.04. The Morgan fingerprint density at radius 3 is 2.11 bits per heavy atom. The zero-order valence-electron chi connectivity index (χ0n) is 11.5. The lowest BCUT2D eigenvalue weighted by molar-refractivity contribution is -0.144. The fraction of sp³-hybridized carbons (Fsp3) is 0.429. The van der Waals surface area contributed by atoms with Crippen molar-refractivity contribution in [3.63, 3.8) is 0 Å². The van der Waals surface area contributed by atoms with Gasteiger partial charge in [-0.1, -0.05) is 0 Å². The zero-order chi connectivity index (χ0) is 14.6. The van der Waals surface area contributed by atoms with Crippen molar-refractivity contribution in [1.29, 1.82) is 0 Å². The molecule has 0 saturated heterocycles. The summed E-state index contributed by atoms with van der Waals surface area (Å²) in [6.07, 6.45) is -0.938. The van der Waals surface area contributed by atoms with E-state index in [9.17, 15) is 9.59 Å². The van der Waals surface area contributed by atoms with E-state index in [0.717, 1.165) is 0 Å². The molecular weight excluding hydrogens is 248 g/mol. The van der Waals surface area contributed by atoms with Crippen LogP contribution in [0.25, 0.3) is 0 Å². The summed E-state index contributed by atoms with van der Waals surface area (Å²) in [5.74, 6) is -1.08. The van der Waals surface area contributed by atoms with Crippen LogP contribution in [0, 0.1) is 0 Å². The first-order valence-electron chi connectivity index (χ1n) is 5.92. The molecule has 5 nitrogen and oxygen atoms in total. The second-order valence-corrected chi connectivity index (χ2v) is 5.12.